The summed E-state index contributed by atoms with van der Waals surface area (Å²) in [4.78, 5) is 0. The molecular weight excluding hydrogens is 272 g/mol. The average molecular weight is 294 g/mol. The standard InChI is InChI=1S/C20H22O2/c1-3-20(22)11-9-18-17-6-4-13-12-14(21)5-7-15(13)16(17)8-10-19(18,20)2/h1,4-7,12,16-18,21-22H,8-11H2,2H3/t16-,17-,18+,19+,20-/m1/s1. The molecule has 0 amide bonds. The molecule has 1 aromatic carbocycles. The molecule has 0 heterocycles. The van der Waals surface area contributed by atoms with Crippen LogP contribution in [0.3, 0.4) is 0 Å². The smallest absolute Gasteiger partial charge is 0.130 e. The maximum Gasteiger partial charge on any atom is 0.130 e. The van der Waals surface area contributed by atoms with E-state index in [4.69, 9.17) is 6.42 Å². The van der Waals surface area contributed by atoms with Gasteiger partial charge in [0.1, 0.15) is 11.4 Å². The van der Waals surface area contributed by atoms with Gasteiger partial charge in [-0.2, -0.15) is 0 Å². The molecule has 3 aliphatic carbocycles. The van der Waals surface area contributed by atoms with E-state index in [1.165, 1.54) is 5.56 Å². The third-order valence-corrected chi connectivity index (χ3v) is 6.69. The number of rotatable bonds is 0. The molecule has 4 rings (SSSR count). The lowest BCUT2D eigenvalue weighted by molar-refractivity contribution is -0.0547. The Morgan fingerprint density at radius 1 is 1.27 bits per heavy atom. The lowest BCUT2D eigenvalue weighted by Gasteiger charge is -2.50. The molecule has 0 aromatic heterocycles. The first-order valence-electron chi connectivity index (χ1n) is 8.20. The third-order valence-electron chi connectivity index (χ3n) is 6.69. The van der Waals surface area contributed by atoms with E-state index in [2.05, 4.69) is 31.1 Å². The van der Waals surface area contributed by atoms with Crippen molar-refractivity contribution in [1.82, 2.24) is 0 Å². The number of phenolic OH excluding ortho intramolecular Hbond substituents is 1. The Morgan fingerprint density at radius 3 is 2.86 bits per heavy atom. The Bertz CT molecular complexity index is 698. The van der Waals surface area contributed by atoms with E-state index < -0.39 is 5.60 Å². The number of fused-ring (bicyclic) bond motifs is 5. The van der Waals surface area contributed by atoms with E-state index in [1.807, 2.05) is 6.07 Å². The Hall–Kier alpha value is -1.72. The Labute approximate surface area is 131 Å². The fraction of sp³-hybridized carbons (Fsp3) is 0.500. The van der Waals surface area contributed by atoms with Gasteiger partial charge in [-0.1, -0.05) is 31.1 Å². The van der Waals surface area contributed by atoms with E-state index in [1.54, 1.807) is 6.07 Å². The quantitative estimate of drug-likeness (QED) is 0.716. The van der Waals surface area contributed by atoms with Crippen LogP contribution in [0, 0.1) is 29.6 Å². The van der Waals surface area contributed by atoms with Crippen molar-refractivity contribution in [3.05, 3.63) is 35.4 Å². The molecule has 0 aliphatic heterocycles. The average Bonchev–Trinajstić information content (AvgIpc) is 2.79. The number of aromatic hydroxyl groups is 1. The number of allylic oxidation sites excluding steroid dienone is 1. The van der Waals surface area contributed by atoms with Crippen LogP contribution in [0.2, 0.25) is 0 Å². The summed E-state index contributed by atoms with van der Waals surface area (Å²) >= 11 is 0. The summed E-state index contributed by atoms with van der Waals surface area (Å²) < 4.78 is 0. The van der Waals surface area contributed by atoms with Crippen LogP contribution in [-0.2, 0) is 0 Å². The molecule has 0 radical (unpaired) electrons. The van der Waals surface area contributed by atoms with Crippen molar-refractivity contribution < 1.29 is 10.2 Å². The van der Waals surface area contributed by atoms with Crippen LogP contribution in [0.4, 0.5) is 0 Å². The minimum atomic E-state index is -0.953. The minimum absolute atomic E-state index is 0.179. The summed E-state index contributed by atoms with van der Waals surface area (Å²) in [7, 11) is 0. The first kappa shape index (κ1) is 13.9. The first-order chi connectivity index (χ1) is 10.5. The lowest BCUT2D eigenvalue weighted by Crippen LogP contribution is -2.49. The number of hydrogen-bond donors (Lipinski definition) is 2. The van der Waals surface area contributed by atoms with Gasteiger partial charge in [0.2, 0.25) is 0 Å². The summed E-state index contributed by atoms with van der Waals surface area (Å²) in [5.74, 6) is 4.39. The monoisotopic (exact) mass is 294 g/mol. The number of aliphatic hydroxyl groups is 1. The van der Waals surface area contributed by atoms with Crippen molar-refractivity contribution in [3.63, 3.8) is 0 Å². The van der Waals surface area contributed by atoms with Crippen LogP contribution in [0.25, 0.3) is 6.08 Å². The topological polar surface area (TPSA) is 40.5 Å². The molecule has 0 spiro atoms. The predicted octanol–water partition coefficient (Wildman–Crippen LogP) is 3.69. The summed E-state index contributed by atoms with van der Waals surface area (Å²) in [6.45, 7) is 2.18. The van der Waals surface area contributed by atoms with Gasteiger partial charge in [0.05, 0.1) is 0 Å². The second-order valence-corrected chi connectivity index (χ2v) is 7.46. The highest BCUT2D eigenvalue weighted by molar-refractivity contribution is 5.61. The largest absolute Gasteiger partial charge is 0.508 e. The fourth-order valence-corrected chi connectivity index (χ4v) is 5.34. The second kappa shape index (κ2) is 4.40. The molecule has 0 saturated heterocycles. The van der Waals surface area contributed by atoms with E-state index in [9.17, 15) is 10.2 Å². The van der Waals surface area contributed by atoms with E-state index >= 15 is 0 Å². The fourth-order valence-electron chi connectivity index (χ4n) is 5.34. The highest BCUT2D eigenvalue weighted by Gasteiger charge is 2.60. The zero-order valence-corrected chi connectivity index (χ0v) is 12.9. The third kappa shape index (κ3) is 1.61. The molecule has 5 atom stereocenters. The highest BCUT2D eigenvalue weighted by atomic mass is 16.3. The summed E-state index contributed by atoms with van der Waals surface area (Å²) in [6, 6.07) is 5.70. The van der Waals surface area contributed by atoms with Gasteiger partial charge in [0.15, 0.2) is 0 Å². The van der Waals surface area contributed by atoms with Crippen molar-refractivity contribution in [2.24, 2.45) is 17.3 Å². The van der Waals surface area contributed by atoms with Crippen LogP contribution in [-0.4, -0.2) is 15.8 Å². The van der Waals surface area contributed by atoms with E-state index in [0.29, 0.717) is 29.9 Å². The van der Waals surface area contributed by atoms with Crippen molar-refractivity contribution in [1.29, 1.82) is 0 Å². The second-order valence-electron chi connectivity index (χ2n) is 7.46. The van der Waals surface area contributed by atoms with Crippen molar-refractivity contribution in [2.45, 2.75) is 44.1 Å². The maximum absolute atomic E-state index is 10.9. The van der Waals surface area contributed by atoms with Gasteiger partial charge < -0.3 is 10.2 Å². The maximum atomic E-state index is 10.9. The SMILES string of the molecule is C#C[C@@]1(O)CC[C@H]2[C@@H]3C=Cc4cc(O)ccc4[C@H]3CC[C@@]21C. The normalized spacial score (nSPS) is 42.1. The van der Waals surface area contributed by atoms with Crippen molar-refractivity contribution >= 4 is 6.08 Å². The van der Waals surface area contributed by atoms with Crippen LogP contribution < -0.4 is 0 Å². The van der Waals surface area contributed by atoms with Crippen LogP contribution >= 0.6 is 0 Å². The zero-order chi connectivity index (χ0) is 15.5. The molecule has 22 heavy (non-hydrogen) atoms. The molecular formula is C20H22O2. The zero-order valence-electron chi connectivity index (χ0n) is 12.9. The van der Waals surface area contributed by atoms with E-state index in [0.717, 1.165) is 24.8 Å². The van der Waals surface area contributed by atoms with E-state index in [-0.39, 0.29) is 5.41 Å². The van der Waals surface area contributed by atoms with Gasteiger partial charge >= 0.3 is 0 Å². The van der Waals surface area contributed by atoms with Gasteiger partial charge in [0, 0.05) is 5.41 Å². The van der Waals surface area contributed by atoms with Gasteiger partial charge in [-0.05, 0) is 66.7 Å². The molecule has 2 heteroatoms. The molecule has 0 unspecified atom stereocenters. The van der Waals surface area contributed by atoms with Crippen LogP contribution in [0.5, 0.6) is 5.75 Å². The van der Waals surface area contributed by atoms with Crippen LogP contribution in [0.1, 0.15) is 49.7 Å². The Balaban J connectivity index is 1.76. The molecule has 2 saturated carbocycles. The summed E-state index contributed by atoms with van der Waals surface area (Å²) in [6.07, 6.45) is 13.8. The van der Waals surface area contributed by atoms with Crippen LogP contribution in [0.15, 0.2) is 24.3 Å². The molecule has 2 fully saturated rings. The number of terminal acetylenes is 1. The van der Waals surface area contributed by atoms with Gasteiger partial charge in [0.25, 0.3) is 0 Å². The molecule has 2 nitrogen and oxygen atoms in total. The molecule has 2 N–H and O–H groups in total. The first-order valence-corrected chi connectivity index (χ1v) is 8.20. The van der Waals surface area contributed by atoms with Crippen molar-refractivity contribution in [2.75, 3.05) is 0 Å². The number of hydrogen-bond acceptors (Lipinski definition) is 2. The summed E-state index contributed by atoms with van der Waals surface area (Å²) in [5, 5.41) is 20.6. The summed E-state index contributed by atoms with van der Waals surface area (Å²) in [5.41, 5.74) is 1.34. The minimum Gasteiger partial charge on any atom is -0.508 e. The Morgan fingerprint density at radius 2 is 2.09 bits per heavy atom. The number of benzene rings is 1. The molecule has 1 aromatic rings. The predicted molar refractivity (Wildman–Crippen MR) is 87.2 cm³/mol. The molecule has 0 bridgehead atoms. The van der Waals surface area contributed by atoms with Gasteiger partial charge in [-0.25, -0.2) is 0 Å². The van der Waals surface area contributed by atoms with Crippen molar-refractivity contribution in [3.8, 4) is 18.1 Å². The number of phenols is 1. The van der Waals surface area contributed by atoms with Gasteiger partial charge in [-0.15, -0.1) is 6.42 Å². The molecule has 114 valence electrons. The highest BCUT2D eigenvalue weighted by Crippen LogP contribution is 2.63. The van der Waals surface area contributed by atoms with Gasteiger partial charge in [-0.3, -0.25) is 0 Å². The lowest BCUT2D eigenvalue weighted by atomic mass is 9.54. The molecule has 3 aliphatic rings. The Kier molecular flexibility index (Phi) is 2.78.